The molecular weight excluding hydrogens is 454 g/mol. The van der Waals surface area contributed by atoms with E-state index in [2.05, 4.69) is 118 Å². The van der Waals surface area contributed by atoms with Gasteiger partial charge in [-0.05, 0) is 71.5 Å². The van der Waals surface area contributed by atoms with Crippen LogP contribution in [-0.2, 0) is 5.41 Å². The van der Waals surface area contributed by atoms with Gasteiger partial charge in [0.1, 0.15) is 0 Å². The van der Waals surface area contributed by atoms with Crippen LogP contribution in [0.1, 0.15) is 43.2 Å². The van der Waals surface area contributed by atoms with Crippen molar-refractivity contribution in [2.75, 3.05) is 4.90 Å². The molecule has 1 aliphatic carbocycles. The number of hydrogen-bond acceptors (Lipinski definition) is 1. The molecule has 1 spiro atoms. The van der Waals surface area contributed by atoms with Crippen molar-refractivity contribution in [1.82, 2.24) is 0 Å². The molecule has 0 amide bonds. The highest BCUT2D eigenvalue weighted by Gasteiger charge is 2.44. The van der Waals surface area contributed by atoms with Gasteiger partial charge in [0.25, 0.3) is 0 Å². The van der Waals surface area contributed by atoms with E-state index in [1.807, 2.05) is 0 Å². The maximum Gasteiger partial charge on any atom is 0.0503 e. The zero-order valence-electron chi connectivity index (χ0n) is 18.1. The van der Waals surface area contributed by atoms with Gasteiger partial charge in [0.2, 0.25) is 0 Å². The number of rotatable bonds is 2. The lowest BCUT2D eigenvalue weighted by Crippen LogP contribution is -2.37. The van der Waals surface area contributed by atoms with Crippen LogP contribution in [0.3, 0.4) is 0 Å². The Hall–Kier alpha value is -2.84. The van der Waals surface area contributed by atoms with E-state index in [1.54, 1.807) is 0 Å². The number of anilines is 3. The molecule has 0 N–H and O–H groups in total. The topological polar surface area (TPSA) is 3.24 Å². The number of benzene rings is 4. The van der Waals surface area contributed by atoms with Crippen molar-refractivity contribution in [3.8, 4) is 11.1 Å². The molecule has 0 radical (unpaired) electrons. The molecule has 2 aliphatic rings. The molecule has 0 aromatic heterocycles. The Kier molecular flexibility index (Phi) is 4.91. The Morgan fingerprint density at radius 3 is 2.03 bits per heavy atom. The summed E-state index contributed by atoms with van der Waals surface area (Å²) in [5.74, 6) is 0. The normalized spacial score (nSPS) is 16.5. The van der Waals surface area contributed by atoms with E-state index in [-0.39, 0.29) is 5.41 Å². The highest BCUT2D eigenvalue weighted by Crippen LogP contribution is 2.57. The van der Waals surface area contributed by atoms with Crippen LogP contribution in [0.5, 0.6) is 0 Å². The summed E-state index contributed by atoms with van der Waals surface area (Å²) in [5.41, 5.74) is 9.44. The SMILES string of the molecule is Brc1ccc2c(c1)C1(CCCCC1)c1ccccc1N2c1ccc(-c2ccccc2)cc1. The molecule has 1 heterocycles. The van der Waals surface area contributed by atoms with Gasteiger partial charge in [-0.3, -0.25) is 0 Å². The van der Waals surface area contributed by atoms with Gasteiger partial charge in [-0.15, -0.1) is 0 Å². The van der Waals surface area contributed by atoms with Gasteiger partial charge >= 0.3 is 0 Å². The molecule has 1 aliphatic heterocycles. The smallest absolute Gasteiger partial charge is 0.0503 e. The van der Waals surface area contributed by atoms with Gasteiger partial charge in [-0.25, -0.2) is 0 Å². The van der Waals surface area contributed by atoms with Crippen LogP contribution in [0.2, 0.25) is 0 Å². The number of para-hydroxylation sites is 1. The third-order valence-electron chi connectivity index (χ3n) is 7.32. The highest BCUT2D eigenvalue weighted by atomic mass is 79.9. The van der Waals surface area contributed by atoms with E-state index >= 15 is 0 Å². The predicted octanol–water partition coefficient (Wildman–Crippen LogP) is 9.15. The minimum Gasteiger partial charge on any atom is -0.310 e. The maximum atomic E-state index is 3.77. The molecule has 1 fully saturated rings. The molecule has 158 valence electrons. The molecule has 32 heavy (non-hydrogen) atoms. The Balaban J connectivity index is 1.53. The lowest BCUT2D eigenvalue weighted by atomic mass is 9.62. The molecule has 6 rings (SSSR count). The first kappa shape index (κ1) is 19.8. The number of fused-ring (bicyclic) bond motifs is 4. The molecule has 0 bridgehead atoms. The van der Waals surface area contributed by atoms with E-state index in [4.69, 9.17) is 0 Å². The minimum atomic E-state index is 0.119. The van der Waals surface area contributed by atoms with Gasteiger partial charge in [0, 0.05) is 15.6 Å². The summed E-state index contributed by atoms with van der Waals surface area (Å²) < 4.78 is 1.17. The Bertz CT molecular complexity index is 1250. The first-order chi connectivity index (χ1) is 15.8. The van der Waals surface area contributed by atoms with E-state index < -0.39 is 0 Å². The third kappa shape index (κ3) is 3.12. The van der Waals surface area contributed by atoms with E-state index in [0.717, 1.165) is 0 Å². The van der Waals surface area contributed by atoms with Gasteiger partial charge in [0.15, 0.2) is 0 Å². The summed E-state index contributed by atoms with van der Waals surface area (Å²) in [6, 6.07) is 35.6. The second-order valence-corrected chi connectivity index (χ2v) is 9.99. The van der Waals surface area contributed by atoms with Crippen molar-refractivity contribution >= 4 is 33.0 Å². The molecule has 0 atom stereocenters. The van der Waals surface area contributed by atoms with Crippen molar-refractivity contribution < 1.29 is 0 Å². The molecule has 1 saturated carbocycles. The summed E-state index contributed by atoms with van der Waals surface area (Å²) in [6.07, 6.45) is 6.40. The summed E-state index contributed by atoms with van der Waals surface area (Å²) in [4.78, 5) is 2.46. The number of hydrogen-bond donors (Lipinski definition) is 0. The summed E-state index contributed by atoms with van der Waals surface area (Å²) in [5, 5.41) is 0. The molecule has 1 nitrogen and oxygen atoms in total. The van der Waals surface area contributed by atoms with Crippen molar-refractivity contribution in [2.45, 2.75) is 37.5 Å². The average Bonchev–Trinajstić information content (AvgIpc) is 2.86. The molecule has 0 unspecified atom stereocenters. The van der Waals surface area contributed by atoms with Crippen LogP contribution in [0, 0.1) is 0 Å². The Morgan fingerprint density at radius 2 is 1.25 bits per heavy atom. The van der Waals surface area contributed by atoms with Crippen LogP contribution in [0.4, 0.5) is 17.1 Å². The first-order valence-electron chi connectivity index (χ1n) is 11.6. The second-order valence-electron chi connectivity index (χ2n) is 9.07. The fraction of sp³-hybridized carbons (Fsp3) is 0.200. The number of nitrogens with zero attached hydrogens (tertiary/aromatic N) is 1. The van der Waals surface area contributed by atoms with Crippen molar-refractivity contribution in [2.24, 2.45) is 0 Å². The van der Waals surface area contributed by atoms with E-state index in [9.17, 15) is 0 Å². The summed E-state index contributed by atoms with van der Waals surface area (Å²) >= 11 is 3.77. The van der Waals surface area contributed by atoms with Crippen LogP contribution < -0.4 is 4.90 Å². The van der Waals surface area contributed by atoms with Crippen LogP contribution >= 0.6 is 15.9 Å². The van der Waals surface area contributed by atoms with Gasteiger partial charge in [-0.2, -0.15) is 0 Å². The second kappa shape index (κ2) is 7.94. The quantitative estimate of drug-likeness (QED) is 0.277. The fourth-order valence-corrected chi connectivity index (χ4v) is 6.20. The highest BCUT2D eigenvalue weighted by molar-refractivity contribution is 9.10. The molecule has 4 aromatic carbocycles. The van der Waals surface area contributed by atoms with Crippen LogP contribution in [0.25, 0.3) is 11.1 Å². The van der Waals surface area contributed by atoms with E-state index in [1.165, 1.54) is 75.9 Å². The maximum absolute atomic E-state index is 3.77. The summed E-state index contributed by atoms with van der Waals surface area (Å²) in [6.45, 7) is 0. The van der Waals surface area contributed by atoms with Gasteiger partial charge < -0.3 is 4.90 Å². The molecule has 0 saturated heterocycles. The molecular formula is C30H26BrN. The van der Waals surface area contributed by atoms with Crippen LogP contribution in [0.15, 0.2) is 102 Å². The predicted molar refractivity (Wildman–Crippen MR) is 138 cm³/mol. The summed E-state index contributed by atoms with van der Waals surface area (Å²) in [7, 11) is 0. The fourth-order valence-electron chi connectivity index (χ4n) is 5.84. The number of halogens is 1. The lowest BCUT2D eigenvalue weighted by Gasteiger charge is -2.47. The van der Waals surface area contributed by atoms with E-state index in [0.29, 0.717) is 0 Å². The van der Waals surface area contributed by atoms with Crippen molar-refractivity contribution in [1.29, 1.82) is 0 Å². The standard InChI is InChI=1S/C30H26BrN/c31-24-15-18-29-27(21-24)30(19-7-2-8-20-30)26-11-5-6-12-28(26)32(29)25-16-13-23(14-17-25)22-9-3-1-4-10-22/h1,3-6,9-18,21H,2,7-8,19-20H2. The zero-order chi connectivity index (χ0) is 21.5. The lowest BCUT2D eigenvalue weighted by molar-refractivity contribution is 0.344. The monoisotopic (exact) mass is 479 g/mol. The van der Waals surface area contributed by atoms with Gasteiger partial charge in [0.05, 0.1) is 11.4 Å². The van der Waals surface area contributed by atoms with Gasteiger partial charge in [-0.1, -0.05) is 95.9 Å². The van der Waals surface area contributed by atoms with Crippen LogP contribution in [-0.4, -0.2) is 0 Å². The molecule has 4 aromatic rings. The van der Waals surface area contributed by atoms with Crippen molar-refractivity contribution in [3.05, 3.63) is 113 Å². The largest absolute Gasteiger partial charge is 0.310 e. The molecule has 2 heteroatoms. The minimum absolute atomic E-state index is 0.119. The average molecular weight is 480 g/mol. The van der Waals surface area contributed by atoms with Crippen molar-refractivity contribution in [3.63, 3.8) is 0 Å². The third-order valence-corrected chi connectivity index (χ3v) is 7.81. The first-order valence-corrected chi connectivity index (χ1v) is 12.4. The Labute approximate surface area is 198 Å². The Morgan fingerprint density at radius 1 is 0.594 bits per heavy atom. The zero-order valence-corrected chi connectivity index (χ0v) is 19.7.